The fourth-order valence-electron chi connectivity index (χ4n) is 1.00. The van der Waals surface area contributed by atoms with E-state index in [0.29, 0.717) is 0 Å². The zero-order valence-corrected chi connectivity index (χ0v) is 8.15. The molecule has 0 aromatic heterocycles. The normalized spacial score (nSPS) is 10.2. The lowest BCUT2D eigenvalue weighted by Crippen LogP contribution is -2.12. The third-order valence-corrected chi connectivity index (χ3v) is 1.63. The molecular weight excluding hydrogens is 182 g/mol. The fraction of sp³-hybridized carbons (Fsp3) is 0.300. The van der Waals surface area contributed by atoms with Crippen LogP contribution in [0.15, 0.2) is 18.2 Å². The average molecular weight is 195 g/mol. The van der Waals surface area contributed by atoms with E-state index in [1.54, 1.807) is 19.9 Å². The van der Waals surface area contributed by atoms with Gasteiger partial charge in [-0.15, -0.1) is 0 Å². The number of nitrogen functional groups attached to an aromatic ring is 1. The Morgan fingerprint density at radius 1 is 1.50 bits per heavy atom. The number of anilines is 1. The predicted molar refractivity (Wildman–Crippen MR) is 53.1 cm³/mol. The van der Waals surface area contributed by atoms with Gasteiger partial charge >= 0.3 is 5.97 Å². The van der Waals surface area contributed by atoms with Crippen LogP contribution in [0.5, 0.6) is 5.75 Å². The number of carbonyl (C=O) groups excluding carboxylic acids is 1. The maximum atomic E-state index is 11.4. The number of hydrogen-bond donors (Lipinski definition) is 2. The molecule has 0 atom stereocenters. The first kappa shape index (κ1) is 10.4. The summed E-state index contributed by atoms with van der Waals surface area (Å²) < 4.78 is 4.92. The number of phenolic OH excluding ortho intramolecular Hbond substituents is 1. The highest BCUT2D eigenvalue weighted by molar-refractivity contribution is 5.94. The molecule has 14 heavy (non-hydrogen) atoms. The summed E-state index contributed by atoms with van der Waals surface area (Å²) in [6.45, 7) is 3.47. The van der Waals surface area contributed by atoms with Crippen LogP contribution in [0.4, 0.5) is 5.69 Å². The molecule has 0 radical (unpaired) electrons. The molecule has 0 amide bonds. The summed E-state index contributed by atoms with van der Waals surface area (Å²) in [5.41, 5.74) is 5.70. The predicted octanol–water partition coefficient (Wildman–Crippen LogP) is 1.54. The van der Waals surface area contributed by atoms with Crippen LogP contribution >= 0.6 is 0 Å². The van der Waals surface area contributed by atoms with Crippen molar-refractivity contribution in [3.8, 4) is 5.75 Å². The first-order chi connectivity index (χ1) is 6.52. The highest BCUT2D eigenvalue weighted by Crippen LogP contribution is 2.25. The van der Waals surface area contributed by atoms with Gasteiger partial charge in [0.15, 0.2) is 5.75 Å². The number of esters is 1. The molecule has 3 N–H and O–H groups in total. The van der Waals surface area contributed by atoms with Gasteiger partial charge < -0.3 is 15.6 Å². The lowest BCUT2D eigenvalue weighted by molar-refractivity contribution is 0.0375. The van der Waals surface area contributed by atoms with E-state index in [0.717, 1.165) is 0 Å². The smallest absolute Gasteiger partial charge is 0.342 e. The van der Waals surface area contributed by atoms with Crippen molar-refractivity contribution in [2.24, 2.45) is 0 Å². The number of nitrogens with two attached hydrogens (primary N) is 1. The van der Waals surface area contributed by atoms with E-state index in [2.05, 4.69) is 0 Å². The van der Waals surface area contributed by atoms with E-state index < -0.39 is 5.97 Å². The van der Waals surface area contributed by atoms with Crippen molar-refractivity contribution in [2.45, 2.75) is 20.0 Å². The van der Waals surface area contributed by atoms with Crippen molar-refractivity contribution in [3.63, 3.8) is 0 Å². The Hall–Kier alpha value is -1.71. The lowest BCUT2D eigenvalue weighted by Gasteiger charge is -2.09. The van der Waals surface area contributed by atoms with Gasteiger partial charge in [0.05, 0.1) is 11.8 Å². The number of benzene rings is 1. The minimum Gasteiger partial charge on any atom is -0.505 e. The van der Waals surface area contributed by atoms with Gasteiger partial charge in [-0.2, -0.15) is 0 Å². The number of hydrogen-bond acceptors (Lipinski definition) is 4. The largest absolute Gasteiger partial charge is 0.505 e. The van der Waals surface area contributed by atoms with Gasteiger partial charge in [0.25, 0.3) is 0 Å². The molecule has 76 valence electrons. The van der Waals surface area contributed by atoms with Crippen LogP contribution in [0, 0.1) is 0 Å². The first-order valence-electron chi connectivity index (χ1n) is 4.30. The third-order valence-electron chi connectivity index (χ3n) is 1.63. The second-order valence-corrected chi connectivity index (χ2v) is 3.20. The Labute approximate surface area is 82.3 Å². The summed E-state index contributed by atoms with van der Waals surface area (Å²) in [6.07, 6.45) is -0.219. The quantitative estimate of drug-likeness (QED) is 0.426. The standard InChI is InChI=1S/C10H13NO3/c1-6(2)14-10(13)7-4-3-5-8(11)9(7)12/h3-6,12H,11H2,1-2H3. The molecule has 0 saturated heterocycles. The fourth-order valence-corrected chi connectivity index (χ4v) is 1.00. The molecule has 1 aromatic carbocycles. The molecule has 0 fully saturated rings. The van der Waals surface area contributed by atoms with Crippen LogP contribution in [0.1, 0.15) is 24.2 Å². The number of phenols is 1. The van der Waals surface area contributed by atoms with Crippen LogP contribution in [-0.4, -0.2) is 17.2 Å². The van der Waals surface area contributed by atoms with Crippen molar-refractivity contribution in [1.82, 2.24) is 0 Å². The number of para-hydroxylation sites is 1. The summed E-state index contributed by atoms with van der Waals surface area (Å²) in [5, 5.41) is 9.46. The molecule has 0 unspecified atom stereocenters. The molecule has 0 aliphatic carbocycles. The Balaban J connectivity index is 2.96. The van der Waals surface area contributed by atoms with Crippen LogP contribution < -0.4 is 5.73 Å². The van der Waals surface area contributed by atoms with Gasteiger partial charge in [0.2, 0.25) is 0 Å². The molecule has 4 heteroatoms. The van der Waals surface area contributed by atoms with Crippen molar-refractivity contribution in [3.05, 3.63) is 23.8 Å². The van der Waals surface area contributed by atoms with Crippen molar-refractivity contribution < 1.29 is 14.6 Å². The van der Waals surface area contributed by atoms with Crippen molar-refractivity contribution in [1.29, 1.82) is 0 Å². The Morgan fingerprint density at radius 2 is 2.14 bits per heavy atom. The summed E-state index contributed by atoms with van der Waals surface area (Å²) in [4.78, 5) is 11.4. The van der Waals surface area contributed by atoms with E-state index in [-0.39, 0.29) is 23.1 Å². The molecule has 0 aliphatic rings. The third kappa shape index (κ3) is 2.16. The van der Waals surface area contributed by atoms with E-state index >= 15 is 0 Å². The van der Waals surface area contributed by atoms with Crippen LogP contribution in [0.2, 0.25) is 0 Å². The number of aromatic hydroxyl groups is 1. The van der Waals surface area contributed by atoms with Gasteiger partial charge in [-0.1, -0.05) is 6.07 Å². The van der Waals surface area contributed by atoms with E-state index in [9.17, 15) is 9.90 Å². The molecule has 1 rings (SSSR count). The number of carbonyl (C=O) groups is 1. The first-order valence-corrected chi connectivity index (χ1v) is 4.30. The topological polar surface area (TPSA) is 72.5 Å². The zero-order valence-electron chi connectivity index (χ0n) is 8.15. The molecule has 0 spiro atoms. The molecular formula is C10H13NO3. The average Bonchev–Trinajstić information content (AvgIpc) is 2.08. The minimum atomic E-state index is -0.565. The highest BCUT2D eigenvalue weighted by Gasteiger charge is 2.15. The number of ether oxygens (including phenoxy) is 1. The molecule has 0 bridgehead atoms. The van der Waals surface area contributed by atoms with Gasteiger partial charge in [-0.3, -0.25) is 0 Å². The number of rotatable bonds is 2. The molecule has 0 saturated carbocycles. The monoisotopic (exact) mass is 195 g/mol. The Morgan fingerprint density at radius 3 is 2.71 bits per heavy atom. The summed E-state index contributed by atoms with van der Waals surface area (Å²) >= 11 is 0. The van der Waals surface area contributed by atoms with E-state index in [1.807, 2.05) is 0 Å². The van der Waals surface area contributed by atoms with Gasteiger partial charge in [0.1, 0.15) is 5.56 Å². The van der Waals surface area contributed by atoms with Gasteiger partial charge in [0, 0.05) is 0 Å². The maximum absolute atomic E-state index is 11.4. The highest BCUT2D eigenvalue weighted by atomic mass is 16.5. The Bertz CT molecular complexity index is 347. The molecule has 0 heterocycles. The van der Waals surface area contributed by atoms with Crippen molar-refractivity contribution in [2.75, 3.05) is 5.73 Å². The van der Waals surface area contributed by atoms with Crippen LogP contribution in [0.25, 0.3) is 0 Å². The van der Waals surface area contributed by atoms with Crippen molar-refractivity contribution >= 4 is 11.7 Å². The summed E-state index contributed by atoms with van der Waals surface area (Å²) in [6, 6.07) is 4.57. The maximum Gasteiger partial charge on any atom is 0.342 e. The molecule has 0 aliphatic heterocycles. The second-order valence-electron chi connectivity index (χ2n) is 3.20. The summed E-state index contributed by atoms with van der Waals surface area (Å²) in [5.74, 6) is -0.789. The zero-order chi connectivity index (χ0) is 10.7. The van der Waals surface area contributed by atoms with E-state index in [1.165, 1.54) is 12.1 Å². The van der Waals surface area contributed by atoms with E-state index in [4.69, 9.17) is 10.5 Å². The van der Waals surface area contributed by atoms with Crippen LogP contribution in [0.3, 0.4) is 0 Å². The minimum absolute atomic E-state index is 0.0960. The Kier molecular flexibility index (Phi) is 2.96. The summed E-state index contributed by atoms with van der Waals surface area (Å²) in [7, 11) is 0. The lowest BCUT2D eigenvalue weighted by atomic mass is 10.2. The van der Waals surface area contributed by atoms with Gasteiger partial charge in [-0.25, -0.2) is 4.79 Å². The molecule has 1 aromatic rings. The second kappa shape index (κ2) is 4.00. The van der Waals surface area contributed by atoms with Gasteiger partial charge in [-0.05, 0) is 26.0 Å². The SMILES string of the molecule is CC(C)OC(=O)c1cccc(N)c1O. The van der Waals surface area contributed by atoms with Crippen LogP contribution in [-0.2, 0) is 4.74 Å². The molecule has 4 nitrogen and oxygen atoms in total.